The lowest BCUT2D eigenvalue weighted by atomic mass is 10.0. The van der Waals surface area contributed by atoms with Crippen molar-refractivity contribution in [1.29, 1.82) is 0 Å². The molecule has 2 aliphatic carbocycles. The van der Waals surface area contributed by atoms with Crippen LogP contribution in [0.25, 0.3) is 0 Å². The SMILES string of the molecule is CCC1NC(C2CCCC2)N(CC2CCCC2)C1=O. The molecule has 2 saturated carbocycles. The number of nitrogens with one attached hydrogen (secondary N) is 1. The lowest BCUT2D eigenvalue weighted by Crippen LogP contribution is -2.44. The van der Waals surface area contributed by atoms with Gasteiger partial charge >= 0.3 is 0 Å². The Kier molecular flexibility index (Phi) is 4.11. The first-order chi connectivity index (χ1) is 9.29. The van der Waals surface area contributed by atoms with Gasteiger partial charge in [-0.3, -0.25) is 10.1 Å². The van der Waals surface area contributed by atoms with Gasteiger partial charge in [0.2, 0.25) is 5.91 Å². The monoisotopic (exact) mass is 264 g/mol. The van der Waals surface area contributed by atoms with Crippen LogP contribution >= 0.6 is 0 Å². The van der Waals surface area contributed by atoms with E-state index in [2.05, 4.69) is 17.1 Å². The zero-order valence-corrected chi connectivity index (χ0v) is 12.2. The molecule has 1 saturated heterocycles. The van der Waals surface area contributed by atoms with Gasteiger partial charge < -0.3 is 4.90 Å². The first-order valence-electron chi connectivity index (χ1n) is 8.36. The average Bonchev–Trinajstić information content (AvgIpc) is 3.13. The number of hydrogen-bond acceptors (Lipinski definition) is 2. The largest absolute Gasteiger partial charge is 0.325 e. The molecule has 3 heteroatoms. The molecule has 108 valence electrons. The zero-order valence-electron chi connectivity index (χ0n) is 12.2. The summed E-state index contributed by atoms with van der Waals surface area (Å²) < 4.78 is 0. The van der Waals surface area contributed by atoms with Gasteiger partial charge in [-0.15, -0.1) is 0 Å². The molecule has 3 aliphatic rings. The molecule has 0 radical (unpaired) electrons. The molecular formula is C16H28N2O. The van der Waals surface area contributed by atoms with Crippen LogP contribution in [0, 0.1) is 11.8 Å². The number of hydrogen-bond donors (Lipinski definition) is 1. The van der Waals surface area contributed by atoms with Crippen molar-refractivity contribution in [3.63, 3.8) is 0 Å². The average molecular weight is 264 g/mol. The minimum atomic E-state index is 0.0898. The second-order valence-corrected chi connectivity index (χ2v) is 6.76. The topological polar surface area (TPSA) is 32.3 Å². The molecule has 19 heavy (non-hydrogen) atoms. The molecule has 2 unspecified atom stereocenters. The molecule has 0 spiro atoms. The minimum absolute atomic E-state index is 0.0898. The summed E-state index contributed by atoms with van der Waals surface area (Å²) in [5.41, 5.74) is 0. The van der Waals surface area contributed by atoms with Crippen molar-refractivity contribution in [1.82, 2.24) is 10.2 Å². The van der Waals surface area contributed by atoms with E-state index >= 15 is 0 Å². The van der Waals surface area contributed by atoms with Crippen LogP contribution in [-0.4, -0.2) is 29.6 Å². The summed E-state index contributed by atoms with van der Waals surface area (Å²) in [4.78, 5) is 14.8. The fourth-order valence-electron chi connectivity index (χ4n) is 4.34. The van der Waals surface area contributed by atoms with Gasteiger partial charge in [0.1, 0.15) is 0 Å². The highest BCUT2D eigenvalue weighted by Crippen LogP contribution is 2.34. The lowest BCUT2D eigenvalue weighted by Gasteiger charge is -2.31. The van der Waals surface area contributed by atoms with Crippen molar-refractivity contribution in [2.75, 3.05) is 6.54 Å². The van der Waals surface area contributed by atoms with Gasteiger partial charge in [-0.05, 0) is 43.9 Å². The first kappa shape index (κ1) is 13.4. The van der Waals surface area contributed by atoms with E-state index in [1.165, 1.54) is 51.4 Å². The predicted octanol–water partition coefficient (Wildman–Crippen LogP) is 2.90. The highest BCUT2D eigenvalue weighted by Gasteiger charge is 2.43. The Labute approximate surface area is 117 Å². The summed E-state index contributed by atoms with van der Waals surface area (Å²) in [6.07, 6.45) is 12.0. The van der Waals surface area contributed by atoms with Gasteiger partial charge in [0, 0.05) is 6.54 Å². The van der Waals surface area contributed by atoms with E-state index in [-0.39, 0.29) is 6.04 Å². The number of nitrogens with zero attached hydrogens (tertiary/aromatic N) is 1. The molecule has 0 aromatic carbocycles. The fraction of sp³-hybridized carbons (Fsp3) is 0.938. The Morgan fingerprint density at radius 2 is 1.74 bits per heavy atom. The fourth-order valence-corrected chi connectivity index (χ4v) is 4.34. The molecule has 0 aromatic heterocycles. The molecule has 1 N–H and O–H groups in total. The van der Waals surface area contributed by atoms with E-state index in [9.17, 15) is 4.79 Å². The van der Waals surface area contributed by atoms with Crippen molar-refractivity contribution in [2.45, 2.75) is 76.9 Å². The van der Waals surface area contributed by atoms with Gasteiger partial charge in [0.15, 0.2) is 0 Å². The maximum Gasteiger partial charge on any atom is 0.241 e. The van der Waals surface area contributed by atoms with Gasteiger partial charge in [0.05, 0.1) is 12.2 Å². The van der Waals surface area contributed by atoms with E-state index in [0.29, 0.717) is 18.0 Å². The Hall–Kier alpha value is -0.570. The minimum Gasteiger partial charge on any atom is -0.325 e. The Balaban J connectivity index is 1.69. The molecule has 0 aromatic rings. The Morgan fingerprint density at radius 1 is 1.11 bits per heavy atom. The van der Waals surface area contributed by atoms with Crippen LogP contribution in [0.4, 0.5) is 0 Å². The van der Waals surface area contributed by atoms with Crippen LogP contribution in [0.2, 0.25) is 0 Å². The van der Waals surface area contributed by atoms with E-state index in [4.69, 9.17) is 0 Å². The number of carbonyl (C=O) groups is 1. The molecular weight excluding hydrogens is 236 g/mol. The van der Waals surface area contributed by atoms with Gasteiger partial charge in [-0.1, -0.05) is 32.6 Å². The second-order valence-electron chi connectivity index (χ2n) is 6.76. The highest BCUT2D eigenvalue weighted by molar-refractivity contribution is 5.84. The summed E-state index contributed by atoms with van der Waals surface area (Å²) in [6.45, 7) is 3.14. The van der Waals surface area contributed by atoms with Crippen LogP contribution in [0.15, 0.2) is 0 Å². The van der Waals surface area contributed by atoms with Crippen molar-refractivity contribution in [3.8, 4) is 0 Å². The van der Waals surface area contributed by atoms with Crippen LogP contribution in [0.1, 0.15) is 64.7 Å². The predicted molar refractivity (Wildman–Crippen MR) is 76.6 cm³/mol. The number of amides is 1. The van der Waals surface area contributed by atoms with Crippen molar-refractivity contribution in [3.05, 3.63) is 0 Å². The Bertz CT molecular complexity index is 319. The van der Waals surface area contributed by atoms with Crippen LogP contribution < -0.4 is 5.32 Å². The molecule has 1 aliphatic heterocycles. The highest BCUT2D eigenvalue weighted by atomic mass is 16.2. The summed E-state index contributed by atoms with van der Waals surface area (Å²) >= 11 is 0. The molecule has 3 nitrogen and oxygen atoms in total. The van der Waals surface area contributed by atoms with E-state index < -0.39 is 0 Å². The summed E-state index contributed by atoms with van der Waals surface area (Å²) in [6, 6.07) is 0.0898. The third kappa shape index (κ3) is 2.67. The van der Waals surface area contributed by atoms with E-state index in [0.717, 1.165) is 18.9 Å². The lowest BCUT2D eigenvalue weighted by molar-refractivity contribution is -0.131. The van der Waals surface area contributed by atoms with Gasteiger partial charge in [-0.2, -0.15) is 0 Å². The summed E-state index contributed by atoms with van der Waals surface area (Å²) in [5, 5.41) is 3.63. The first-order valence-corrected chi connectivity index (χ1v) is 8.36. The van der Waals surface area contributed by atoms with Gasteiger partial charge in [0.25, 0.3) is 0 Å². The molecule has 2 atom stereocenters. The van der Waals surface area contributed by atoms with Crippen molar-refractivity contribution in [2.24, 2.45) is 11.8 Å². The quantitative estimate of drug-likeness (QED) is 0.847. The third-order valence-corrected chi connectivity index (χ3v) is 5.47. The molecule has 1 heterocycles. The molecule has 3 fully saturated rings. The maximum atomic E-state index is 12.6. The second kappa shape index (κ2) is 5.82. The molecule has 3 rings (SSSR count). The summed E-state index contributed by atoms with van der Waals surface area (Å²) in [7, 11) is 0. The number of rotatable bonds is 4. The number of carbonyl (C=O) groups excluding carboxylic acids is 1. The van der Waals surface area contributed by atoms with E-state index in [1.807, 2.05) is 0 Å². The van der Waals surface area contributed by atoms with E-state index in [1.54, 1.807) is 0 Å². The van der Waals surface area contributed by atoms with Crippen LogP contribution in [0.3, 0.4) is 0 Å². The van der Waals surface area contributed by atoms with Crippen molar-refractivity contribution < 1.29 is 4.79 Å². The smallest absolute Gasteiger partial charge is 0.241 e. The summed E-state index contributed by atoms with van der Waals surface area (Å²) in [5.74, 6) is 1.86. The van der Waals surface area contributed by atoms with Crippen molar-refractivity contribution >= 4 is 5.91 Å². The standard InChI is InChI=1S/C16H28N2O/c1-2-14-16(19)18(11-12-7-3-4-8-12)15(17-14)13-9-5-6-10-13/h12-15,17H,2-11H2,1H3. The molecule has 1 amide bonds. The zero-order chi connectivity index (χ0) is 13.2. The Morgan fingerprint density at radius 3 is 2.37 bits per heavy atom. The van der Waals surface area contributed by atoms with Crippen LogP contribution in [-0.2, 0) is 4.79 Å². The van der Waals surface area contributed by atoms with Crippen LogP contribution in [0.5, 0.6) is 0 Å². The van der Waals surface area contributed by atoms with Gasteiger partial charge in [-0.25, -0.2) is 0 Å². The normalized spacial score (nSPS) is 33.7. The maximum absolute atomic E-state index is 12.6. The molecule has 0 bridgehead atoms. The third-order valence-electron chi connectivity index (χ3n) is 5.47.